The van der Waals surface area contributed by atoms with Crippen molar-refractivity contribution in [3.63, 3.8) is 0 Å². The van der Waals surface area contributed by atoms with Gasteiger partial charge in [0.2, 0.25) is 0 Å². The number of aliphatic hydroxyl groups excluding tert-OH is 1. The Hall–Kier alpha value is -2.50. The predicted molar refractivity (Wildman–Crippen MR) is 91.4 cm³/mol. The van der Waals surface area contributed by atoms with Crippen LogP contribution in [0.25, 0.3) is 22.6 Å². The summed E-state index contributed by atoms with van der Waals surface area (Å²) >= 11 is 5.92. The summed E-state index contributed by atoms with van der Waals surface area (Å²) in [6.45, 7) is -0.212. The standard InChI is InChI=1S/C18H16ClNO4/c1-22-14-7-12(8-15(9-14)23-2)18-16(10-21)17(20-24-18)11-3-5-13(19)6-4-11/h3-9,21H,10H2,1-2H3. The second-order valence-corrected chi connectivity index (χ2v) is 5.54. The van der Waals surface area contributed by atoms with E-state index < -0.39 is 0 Å². The zero-order valence-corrected chi connectivity index (χ0v) is 14.0. The molecule has 1 heterocycles. The molecule has 0 amide bonds. The van der Waals surface area contributed by atoms with E-state index in [-0.39, 0.29) is 6.61 Å². The van der Waals surface area contributed by atoms with E-state index in [0.717, 1.165) is 5.56 Å². The van der Waals surface area contributed by atoms with Crippen molar-refractivity contribution in [3.05, 3.63) is 53.1 Å². The van der Waals surface area contributed by atoms with Crippen molar-refractivity contribution in [2.24, 2.45) is 0 Å². The van der Waals surface area contributed by atoms with Gasteiger partial charge in [0.15, 0.2) is 5.76 Å². The summed E-state index contributed by atoms with van der Waals surface area (Å²) in [5, 5.41) is 14.6. The maximum absolute atomic E-state index is 9.83. The van der Waals surface area contributed by atoms with E-state index >= 15 is 0 Å². The smallest absolute Gasteiger partial charge is 0.173 e. The fourth-order valence-corrected chi connectivity index (χ4v) is 2.58. The Bertz CT molecular complexity index is 820. The zero-order valence-electron chi connectivity index (χ0n) is 13.2. The Kier molecular flexibility index (Phi) is 4.74. The summed E-state index contributed by atoms with van der Waals surface area (Å²) in [4.78, 5) is 0. The van der Waals surface area contributed by atoms with Crippen molar-refractivity contribution >= 4 is 11.6 Å². The minimum atomic E-state index is -0.212. The molecule has 0 fully saturated rings. The number of aliphatic hydroxyl groups is 1. The fraction of sp³-hybridized carbons (Fsp3) is 0.167. The maximum atomic E-state index is 9.83. The largest absolute Gasteiger partial charge is 0.497 e. The Morgan fingerprint density at radius 1 is 1.00 bits per heavy atom. The van der Waals surface area contributed by atoms with Gasteiger partial charge in [0, 0.05) is 22.2 Å². The van der Waals surface area contributed by atoms with Crippen LogP contribution in [0.15, 0.2) is 47.0 Å². The first-order valence-corrected chi connectivity index (χ1v) is 7.63. The molecule has 3 rings (SSSR count). The lowest BCUT2D eigenvalue weighted by atomic mass is 10.0. The number of benzene rings is 2. The third kappa shape index (κ3) is 3.09. The van der Waals surface area contributed by atoms with Crippen LogP contribution >= 0.6 is 11.6 Å². The Morgan fingerprint density at radius 3 is 2.17 bits per heavy atom. The molecular weight excluding hydrogens is 330 g/mol. The molecule has 1 N–H and O–H groups in total. The highest BCUT2D eigenvalue weighted by molar-refractivity contribution is 6.30. The van der Waals surface area contributed by atoms with Gasteiger partial charge >= 0.3 is 0 Å². The number of aromatic nitrogens is 1. The van der Waals surface area contributed by atoms with Gasteiger partial charge in [-0.15, -0.1) is 0 Å². The monoisotopic (exact) mass is 345 g/mol. The van der Waals surface area contributed by atoms with E-state index in [0.29, 0.717) is 39.1 Å². The highest BCUT2D eigenvalue weighted by Crippen LogP contribution is 2.36. The SMILES string of the molecule is COc1cc(OC)cc(-c2onc(-c3ccc(Cl)cc3)c2CO)c1. The van der Waals surface area contributed by atoms with Crippen LogP contribution in [0, 0.1) is 0 Å². The van der Waals surface area contributed by atoms with Gasteiger partial charge in [-0.1, -0.05) is 28.9 Å². The zero-order chi connectivity index (χ0) is 17.1. The van der Waals surface area contributed by atoms with Crippen LogP contribution in [0.5, 0.6) is 11.5 Å². The number of nitrogens with zero attached hydrogens (tertiary/aromatic N) is 1. The molecule has 0 atom stereocenters. The average molecular weight is 346 g/mol. The molecule has 5 nitrogen and oxygen atoms in total. The van der Waals surface area contributed by atoms with Crippen molar-refractivity contribution in [2.45, 2.75) is 6.61 Å². The normalized spacial score (nSPS) is 10.7. The highest BCUT2D eigenvalue weighted by Gasteiger charge is 2.19. The molecule has 6 heteroatoms. The first-order chi connectivity index (χ1) is 11.7. The summed E-state index contributed by atoms with van der Waals surface area (Å²) in [6, 6.07) is 12.5. The summed E-state index contributed by atoms with van der Waals surface area (Å²) in [5.74, 6) is 1.72. The summed E-state index contributed by atoms with van der Waals surface area (Å²) in [5.41, 5.74) is 2.69. The molecule has 124 valence electrons. The molecule has 0 spiro atoms. The molecule has 2 aromatic carbocycles. The average Bonchev–Trinajstić information content (AvgIpc) is 3.05. The number of ether oxygens (including phenoxy) is 2. The van der Waals surface area contributed by atoms with Crippen LogP contribution in [0.2, 0.25) is 5.02 Å². The second kappa shape index (κ2) is 6.95. The van der Waals surface area contributed by atoms with Crippen LogP contribution < -0.4 is 9.47 Å². The molecule has 0 unspecified atom stereocenters. The third-order valence-electron chi connectivity index (χ3n) is 3.68. The molecule has 0 saturated carbocycles. The second-order valence-electron chi connectivity index (χ2n) is 5.11. The number of hydrogen-bond donors (Lipinski definition) is 1. The Balaban J connectivity index is 2.11. The maximum Gasteiger partial charge on any atom is 0.173 e. The van der Waals surface area contributed by atoms with Crippen LogP contribution in [0.3, 0.4) is 0 Å². The van der Waals surface area contributed by atoms with Gasteiger partial charge in [-0.25, -0.2) is 0 Å². The van der Waals surface area contributed by atoms with E-state index in [1.165, 1.54) is 0 Å². The number of halogens is 1. The molecule has 1 aromatic heterocycles. The van der Waals surface area contributed by atoms with Gasteiger partial charge < -0.3 is 19.1 Å². The van der Waals surface area contributed by atoms with E-state index in [1.807, 2.05) is 12.1 Å². The van der Waals surface area contributed by atoms with E-state index in [4.69, 9.17) is 25.6 Å². The first-order valence-electron chi connectivity index (χ1n) is 7.25. The molecule has 0 bridgehead atoms. The molecule has 0 radical (unpaired) electrons. The summed E-state index contributed by atoms with van der Waals surface area (Å²) < 4.78 is 16.1. The molecule has 0 aliphatic rings. The summed E-state index contributed by atoms with van der Waals surface area (Å²) in [6.07, 6.45) is 0. The third-order valence-corrected chi connectivity index (χ3v) is 3.93. The van der Waals surface area contributed by atoms with Crippen molar-refractivity contribution in [2.75, 3.05) is 14.2 Å². The van der Waals surface area contributed by atoms with Gasteiger partial charge in [0.25, 0.3) is 0 Å². The van der Waals surface area contributed by atoms with Gasteiger partial charge in [0.1, 0.15) is 17.2 Å². The first kappa shape index (κ1) is 16.4. The van der Waals surface area contributed by atoms with Gasteiger partial charge in [-0.3, -0.25) is 0 Å². The van der Waals surface area contributed by atoms with Gasteiger partial charge in [-0.2, -0.15) is 0 Å². The van der Waals surface area contributed by atoms with Crippen LogP contribution in [0.1, 0.15) is 5.56 Å². The van der Waals surface area contributed by atoms with Crippen LogP contribution in [-0.4, -0.2) is 24.5 Å². The number of methoxy groups -OCH3 is 2. The van der Waals surface area contributed by atoms with E-state index in [1.54, 1.807) is 44.6 Å². The molecule has 0 aliphatic carbocycles. The Morgan fingerprint density at radius 2 is 1.62 bits per heavy atom. The lowest BCUT2D eigenvalue weighted by Gasteiger charge is -2.07. The minimum Gasteiger partial charge on any atom is -0.497 e. The fourth-order valence-electron chi connectivity index (χ4n) is 2.46. The van der Waals surface area contributed by atoms with Crippen LogP contribution in [0.4, 0.5) is 0 Å². The Labute approximate surface area is 144 Å². The van der Waals surface area contributed by atoms with Crippen molar-refractivity contribution in [1.29, 1.82) is 0 Å². The number of hydrogen-bond acceptors (Lipinski definition) is 5. The molecule has 0 saturated heterocycles. The molecule has 24 heavy (non-hydrogen) atoms. The van der Waals surface area contributed by atoms with Crippen LogP contribution in [-0.2, 0) is 6.61 Å². The van der Waals surface area contributed by atoms with Gasteiger partial charge in [-0.05, 0) is 24.3 Å². The molecular formula is C18H16ClNO4. The van der Waals surface area contributed by atoms with Crippen molar-refractivity contribution < 1.29 is 19.1 Å². The minimum absolute atomic E-state index is 0.212. The van der Waals surface area contributed by atoms with E-state index in [9.17, 15) is 5.11 Å². The lowest BCUT2D eigenvalue weighted by molar-refractivity contribution is 0.281. The number of rotatable bonds is 5. The quantitative estimate of drug-likeness (QED) is 0.751. The molecule has 0 aliphatic heterocycles. The lowest BCUT2D eigenvalue weighted by Crippen LogP contribution is -1.91. The molecule has 3 aromatic rings. The topological polar surface area (TPSA) is 64.7 Å². The highest BCUT2D eigenvalue weighted by atomic mass is 35.5. The van der Waals surface area contributed by atoms with Gasteiger partial charge in [0.05, 0.1) is 26.4 Å². The predicted octanol–water partition coefficient (Wildman–Crippen LogP) is 4.17. The summed E-state index contributed by atoms with van der Waals surface area (Å²) in [7, 11) is 3.15. The van der Waals surface area contributed by atoms with Crippen molar-refractivity contribution in [3.8, 4) is 34.1 Å². The van der Waals surface area contributed by atoms with Crippen molar-refractivity contribution in [1.82, 2.24) is 5.16 Å². The van der Waals surface area contributed by atoms with E-state index in [2.05, 4.69) is 5.16 Å².